The van der Waals surface area contributed by atoms with E-state index in [1.54, 1.807) is 32.0 Å². The number of carbonyl (C=O) groups is 2. The molecule has 0 spiro atoms. The number of halogens is 1. The molecule has 13 heteroatoms. The molecule has 0 amide bonds. The van der Waals surface area contributed by atoms with Crippen molar-refractivity contribution in [1.29, 1.82) is 0 Å². The van der Waals surface area contributed by atoms with Crippen LogP contribution >= 0.6 is 27.3 Å². The van der Waals surface area contributed by atoms with Crippen LogP contribution in [-0.4, -0.2) is 48.0 Å². The number of aryl methyl sites for hydroxylation is 1. The van der Waals surface area contributed by atoms with Crippen molar-refractivity contribution < 1.29 is 33.3 Å². The lowest BCUT2D eigenvalue weighted by atomic mass is 9.95. The number of benzene rings is 3. The van der Waals surface area contributed by atoms with Crippen molar-refractivity contribution >= 4 is 45.3 Å². The Morgan fingerprint density at radius 3 is 2.33 bits per heavy atom. The van der Waals surface area contributed by atoms with Gasteiger partial charge in [0.05, 0.1) is 42.2 Å². The molecule has 2 aromatic heterocycles. The predicted molar refractivity (Wildman–Crippen MR) is 209 cm³/mol. The molecule has 1 aliphatic heterocycles. The van der Waals surface area contributed by atoms with Crippen molar-refractivity contribution in [3.05, 3.63) is 136 Å². The Bertz CT molecular complexity index is 2410. The summed E-state index contributed by atoms with van der Waals surface area (Å²) in [4.78, 5) is 44.8. The Morgan fingerprint density at radius 2 is 1.65 bits per heavy atom. The Kier molecular flexibility index (Phi) is 11.9. The first-order valence-corrected chi connectivity index (χ1v) is 19.0. The summed E-state index contributed by atoms with van der Waals surface area (Å²) in [5.74, 6) is 0.295. The number of fused-ring (bicyclic) bond motifs is 1. The van der Waals surface area contributed by atoms with Crippen LogP contribution in [0.3, 0.4) is 0 Å². The van der Waals surface area contributed by atoms with Gasteiger partial charge in [0.2, 0.25) is 0 Å². The second-order valence-corrected chi connectivity index (χ2v) is 14.3. The van der Waals surface area contributed by atoms with Crippen molar-refractivity contribution in [1.82, 2.24) is 9.13 Å². The van der Waals surface area contributed by atoms with Crippen LogP contribution in [0.2, 0.25) is 0 Å². The SMILES string of the molecule is CCOC(=O)C1=C(C)N=c2s/c(=C/c3cc(C)n(-c4ccc(OCc5ccc(Br)cc5)cc4)c3C)c(=O)n2[C@H]1c1ccc(OCC(=O)OC)c(OCC)c1. The summed E-state index contributed by atoms with van der Waals surface area (Å²) in [6, 6.07) is 22.2. The zero-order chi connectivity index (χ0) is 38.5. The zero-order valence-electron chi connectivity index (χ0n) is 30.8. The molecule has 0 bridgehead atoms. The van der Waals surface area contributed by atoms with E-state index in [1.807, 2.05) is 81.4 Å². The zero-order valence-corrected chi connectivity index (χ0v) is 33.2. The van der Waals surface area contributed by atoms with Crippen molar-refractivity contribution in [3.63, 3.8) is 0 Å². The second-order valence-electron chi connectivity index (χ2n) is 12.4. The number of hydrogen-bond donors (Lipinski definition) is 0. The quantitative estimate of drug-likeness (QED) is 0.124. The molecule has 0 fully saturated rings. The third-order valence-corrected chi connectivity index (χ3v) is 10.4. The van der Waals surface area contributed by atoms with Crippen molar-refractivity contribution in [2.45, 2.75) is 47.3 Å². The van der Waals surface area contributed by atoms with Crippen LogP contribution in [0, 0.1) is 13.8 Å². The minimum Gasteiger partial charge on any atom is -0.490 e. The first-order valence-electron chi connectivity index (χ1n) is 17.4. The van der Waals surface area contributed by atoms with E-state index in [0.29, 0.717) is 45.3 Å². The Hall–Kier alpha value is -5.40. The molecule has 6 rings (SSSR count). The van der Waals surface area contributed by atoms with Gasteiger partial charge in [-0.3, -0.25) is 9.36 Å². The molecule has 3 heterocycles. The first-order chi connectivity index (χ1) is 26.0. The molecular formula is C41H40BrN3O8S. The topological polar surface area (TPSA) is 120 Å². The predicted octanol–water partition coefficient (Wildman–Crippen LogP) is 6.50. The highest BCUT2D eigenvalue weighted by molar-refractivity contribution is 9.10. The molecule has 280 valence electrons. The van der Waals surface area contributed by atoms with E-state index in [0.717, 1.165) is 38.4 Å². The molecule has 0 N–H and O–H groups in total. The van der Waals surface area contributed by atoms with Crippen LogP contribution in [0.1, 0.15) is 54.9 Å². The van der Waals surface area contributed by atoms with E-state index in [9.17, 15) is 14.4 Å². The number of carbonyl (C=O) groups excluding carboxylic acids is 2. The highest BCUT2D eigenvalue weighted by Gasteiger charge is 2.34. The Morgan fingerprint density at radius 1 is 0.907 bits per heavy atom. The molecule has 1 atom stereocenters. The first kappa shape index (κ1) is 38.3. The fourth-order valence-corrected chi connectivity index (χ4v) is 7.60. The summed E-state index contributed by atoms with van der Waals surface area (Å²) in [6.45, 7) is 9.92. The van der Waals surface area contributed by atoms with Gasteiger partial charge < -0.3 is 28.3 Å². The summed E-state index contributed by atoms with van der Waals surface area (Å²) in [5, 5.41) is 0. The molecule has 54 heavy (non-hydrogen) atoms. The van der Waals surface area contributed by atoms with Crippen LogP contribution in [0.25, 0.3) is 11.8 Å². The van der Waals surface area contributed by atoms with Crippen LogP contribution < -0.4 is 29.1 Å². The molecule has 1 aliphatic rings. The average molecular weight is 815 g/mol. The number of esters is 2. The second kappa shape index (κ2) is 16.7. The highest BCUT2D eigenvalue weighted by Crippen LogP contribution is 2.36. The van der Waals surface area contributed by atoms with E-state index in [-0.39, 0.29) is 24.3 Å². The molecule has 0 saturated carbocycles. The van der Waals surface area contributed by atoms with E-state index in [4.69, 9.17) is 28.7 Å². The molecule has 0 saturated heterocycles. The number of aromatic nitrogens is 2. The summed E-state index contributed by atoms with van der Waals surface area (Å²) >= 11 is 4.71. The van der Waals surface area contributed by atoms with Gasteiger partial charge >= 0.3 is 11.9 Å². The normalized spacial score (nSPS) is 14.0. The lowest BCUT2D eigenvalue weighted by molar-refractivity contribution is -0.143. The van der Waals surface area contributed by atoms with Gasteiger partial charge in [0.25, 0.3) is 5.56 Å². The van der Waals surface area contributed by atoms with Crippen LogP contribution in [0.15, 0.2) is 98.3 Å². The monoisotopic (exact) mass is 813 g/mol. The third kappa shape index (κ3) is 8.07. The van der Waals surface area contributed by atoms with Crippen LogP contribution in [0.5, 0.6) is 17.2 Å². The van der Waals surface area contributed by atoms with Gasteiger partial charge in [0.1, 0.15) is 12.4 Å². The van der Waals surface area contributed by atoms with Crippen molar-refractivity contribution in [2.75, 3.05) is 26.9 Å². The molecule has 3 aromatic carbocycles. The van der Waals surface area contributed by atoms with Gasteiger partial charge in [0.15, 0.2) is 22.9 Å². The Labute approximate surface area is 324 Å². The maximum Gasteiger partial charge on any atom is 0.343 e. The van der Waals surface area contributed by atoms with Crippen LogP contribution in [0.4, 0.5) is 0 Å². The minimum absolute atomic E-state index is 0.147. The van der Waals surface area contributed by atoms with E-state index in [1.165, 1.54) is 23.0 Å². The molecule has 5 aromatic rings. The molecular weight excluding hydrogens is 774 g/mol. The van der Waals surface area contributed by atoms with Gasteiger partial charge in [-0.05, 0) is 112 Å². The lowest BCUT2D eigenvalue weighted by Crippen LogP contribution is -2.40. The molecule has 11 nitrogen and oxygen atoms in total. The lowest BCUT2D eigenvalue weighted by Gasteiger charge is -2.25. The maximum atomic E-state index is 14.4. The third-order valence-electron chi connectivity index (χ3n) is 8.84. The van der Waals surface area contributed by atoms with Crippen molar-refractivity contribution in [2.24, 2.45) is 4.99 Å². The molecule has 0 aliphatic carbocycles. The number of ether oxygens (including phenoxy) is 5. The fourth-order valence-electron chi connectivity index (χ4n) is 6.30. The molecule has 0 radical (unpaired) electrons. The summed E-state index contributed by atoms with van der Waals surface area (Å²) in [5.41, 5.74) is 5.80. The largest absolute Gasteiger partial charge is 0.490 e. The summed E-state index contributed by atoms with van der Waals surface area (Å²) < 4.78 is 32.9. The van der Waals surface area contributed by atoms with Gasteiger partial charge in [-0.2, -0.15) is 0 Å². The number of hydrogen-bond acceptors (Lipinski definition) is 10. The summed E-state index contributed by atoms with van der Waals surface area (Å²) in [7, 11) is 1.28. The van der Waals surface area contributed by atoms with Gasteiger partial charge in [0, 0.05) is 21.5 Å². The molecule has 0 unspecified atom stereocenters. The smallest absolute Gasteiger partial charge is 0.343 e. The Balaban J connectivity index is 1.36. The number of methoxy groups -OCH3 is 1. The number of thiazole rings is 1. The standard InChI is InChI=1S/C41H40BrN3O8S/c1-7-50-34-20-28(11-18-33(34)53-23-36(46)49-6)38-37(40(48)51-8-2)25(4)43-41-45(38)39(47)35(54-41)21-29-19-24(3)44(26(29)5)31-14-16-32(17-15-31)52-22-27-9-12-30(42)13-10-27/h9-21,38H,7-8,22-23H2,1-6H3/b35-21+/t38-/m0/s1. The number of allylic oxidation sites excluding steroid dienone is 1. The maximum absolute atomic E-state index is 14.4. The van der Waals surface area contributed by atoms with Crippen LogP contribution in [-0.2, 0) is 25.7 Å². The highest BCUT2D eigenvalue weighted by atomic mass is 79.9. The summed E-state index contributed by atoms with van der Waals surface area (Å²) in [6.07, 6.45) is 1.87. The van der Waals surface area contributed by atoms with Crippen molar-refractivity contribution in [3.8, 4) is 22.9 Å². The van der Waals surface area contributed by atoms with E-state index < -0.39 is 18.0 Å². The van der Waals surface area contributed by atoms with Gasteiger partial charge in [-0.1, -0.05) is 45.5 Å². The van der Waals surface area contributed by atoms with Gasteiger partial charge in [-0.15, -0.1) is 0 Å². The number of rotatable bonds is 13. The van der Waals surface area contributed by atoms with E-state index >= 15 is 0 Å². The number of nitrogens with zero attached hydrogens (tertiary/aromatic N) is 3. The van der Waals surface area contributed by atoms with E-state index in [2.05, 4.69) is 20.5 Å². The minimum atomic E-state index is -0.867. The fraction of sp³-hybridized carbons (Fsp3) is 0.268. The van der Waals surface area contributed by atoms with Gasteiger partial charge in [-0.25, -0.2) is 14.6 Å². The average Bonchev–Trinajstić information content (AvgIpc) is 3.62.